The SMILES string of the molecule is CC1=NC2=NC(C(F)(F)F)=NC3=CC=CC(=N1)N32. The molecule has 3 aliphatic rings. The van der Waals surface area contributed by atoms with Gasteiger partial charge in [-0.25, -0.2) is 14.9 Å². The summed E-state index contributed by atoms with van der Waals surface area (Å²) in [5, 5.41) is 0. The van der Waals surface area contributed by atoms with Gasteiger partial charge in [0.05, 0.1) is 0 Å². The molecule has 0 spiro atoms. The molecule has 3 heterocycles. The molecule has 0 saturated heterocycles. The highest BCUT2D eigenvalue weighted by Gasteiger charge is 2.41. The maximum absolute atomic E-state index is 12.6. The third kappa shape index (κ3) is 1.57. The first-order valence-electron chi connectivity index (χ1n) is 5.02. The fourth-order valence-electron chi connectivity index (χ4n) is 1.68. The van der Waals surface area contributed by atoms with Gasteiger partial charge in [0.2, 0.25) is 11.8 Å². The Bertz CT molecular complexity index is 603. The van der Waals surface area contributed by atoms with E-state index in [1.165, 1.54) is 11.0 Å². The van der Waals surface area contributed by atoms with Gasteiger partial charge in [-0.15, -0.1) is 0 Å². The highest BCUT2D eigenvalue weighted by molar-refractivity contribution is 6.20. The van der Waals surface area contributed by atoms with Crippen molar-refractivity contribution in [2.75, 3.05) is 0 Å². The molecule has 5 nitrogen and oxygen atoms in total. The highest BCUT2D eigenvalue weighted by Crippen LogP contribution is 2.27. The van der Waals surface area contributed by atoms with Gasteiger partial charge in [-0.1, -0.05) is 6.08 Å². The third-order valence-corrected chi connectivity index (χ3v) is 2.37. The number of allylic oxidation sites excluding steroid dienone is 2. The third-order valence-electron chi connectivity index (χ3n) is 2.37. The van der Waals surface area contributed by atoms with E-state index in [2.05, 4.69) is 20.0 Å². The van der Waals surface area contributed by atoms with Gasteiger partial charge in [0.15, 0.2) is 0 Å². The van der Waals surface area contributed by atoms with E-state index in [1.807, 2.05) is 0 Å². The Hall–Kier alpha value is -2.25. The van der Waals surface area contributed by atoms with Crippen LogP contribution in [0.2, 0.25) is 0 Å². The van der Waals surface area contributed by atoms with Crippen molar-refractivity contribution in [1.29, 1.82) is 0 Å². The van der Waals surface area contributed by atoms with E-state index in [0.717, 1.165) is 0 Å². The molecule has 0 aromatic carbocycles. The van der Waals surface area contributed by atoms with Crippen LogP contribution in [-0.2, 0) is 0 Å². The topological polar surface area (TPSA) is 52.7 Å². The Morgan fingerprint density at radius 2 is 1.89 bits per heavy atom. The number of aliphatic imine (C=N–C) groups is 4. The maximum atomic E-state index is 12.6. The molecule has 0 radical (unpaired) electrons. The Balaban J connectivity index is 2.17. The average Bonchev–Trinajstić information content (AvgIpc) is 2.27. The minimum atomic E-state index is -4.60. The van der Waals surface area contributed by atoms with Gasteiger partial charge >= 0.3 is 6.18 Å². The number of amidine groups is 3. The molecule has 0 aromatic rings. The summed E-state index contributed by atoms with van der Waals surface area (Å²) in [6, 6.07) is 0. The van der Waals surface area contributed by atoms with Gasteiger partial charge in [0, 0.05) is 0 Å². The summed E-state index contributed by atoms with van der Waals surface area (Å²) in [4.78, 5) is 16.3. The molecular weight excluding hydrogens is 247 g/mol. The van der Waals surface area contributed by atoms with Crippen LogP contribution in [-0.4, -0.2) is 34.5 Å². The monoisotopic (exact) mass is 253 g/mol. The summed E-state index contributed by atoms with van der Waals surface area (Å²) >= 11 is 0. The van der Waals surface area contributed by atoms with Gasteiger partial charge in [-0.05, 0) is 19.1 Å². The predicted molar refractivity (Wildman–Crippen MR) is 60.5 cm³/mol. The number of guanidine groups is 1. The maximum Gasteiger partial charge on any atom is 0.451 e. The van der Waals surface area contributed by atoms with Crippen LogP contribution < -0.4 is 0 Å². The van der Waals surface area contributed by atoms with Crippen LogP contribution >= 0.6 is 0 Å². The smallest absolute Gasteiger partial charge is 0.246 e. The molecule has 92 valence electrons. The van der Waals surface area contributed by atoms with Crippen molar-refractivity contribution in [3.05, 3.63) is 24.0 Å². The summed E-state index contributed by atoms with van der Waals surface area (Å²) in [5.74, 6) is -0.327. The van der Waals surface area contributed by atoms with Crippen molar-refractivity contribution in [3.8, 4) is 0 Å². The second-order valence-corrected chi connectivity index (χ2v) is 3.69. The van der Waals surface area contributed by atoms with Gasteiger partial charge < -0.3 is 0 Å². The highest BCUT2D eigenvalue weighted by atomic mass is 19.4. The van der Waals surface area contributed by atoms with Crippen molar-refractivity contribution in [2.24, 2.45) is 20.0 Å². The Morgan fingerprint density at radius 1 is 1.11 bits per heavy atom. The first-order chi connectivity index (χ1) is 8.45. The van der Waals surface area contributed by atoms with Crippen molar-refractivity contribution in [1.82, 2.24) is 4.90 Å². The van der Waals surface area contributed by atoms with Crippen LogP contribution in [0.1, 0.15) is 6.92 Å². The van der Waals surface area contributed by atoms with Crippen molar-refractivity contribution < 1.29 is 13.2 Å². The van der Waals surface area contributed by atoms with Crippen LogP contribution in [0.25, 0.3) is 0 Å². The Kier molecular flexibility index (Phi) is 2.04. The molecule has 0 saturated carbocycles. The summed E-state index contributed by atoms with van der Waals surface area (Å²) in [7, 11) is 0. The zero-order valence-electron chi connectivity index (χ0n) is 9.10. The standard InChI is InChI=1S/C10H6F3N5/c1-5-14-6-3-2-4-7-16-8(10(11,12)13)17-9(15-5)18(6)7/h2-4H,1H3. The average molecular weight is 253 g/mol. The molecule has 0 unspecified atom stereocenters. The second-order valence-electron chi connectivity index (χ2n) is 3.69. The minimum absolute atomic E-state index is 0.0598. The zero-order valence-corrected chi connectivity index (χ0v) is 9.10. The molecule has 3 rings (SSSR count). The van der Waals surface area contributed by atoms with E-state index in [9.17, 15) is 13.2 Å². The fraction of sp³-hybridized carbons (Fsp3) is 0.200. The fourth-order valence-corrected chi connectivity index (χ4v) is 1.68. The van der Waals surface area contributed by atoms with E-state index in [-0.39, 0.29) is 11.8 Å². The first kappa shape index (κ1) is 10.9. The number of alkyl halides is 3. The first-order valence-corrected chi connectivity index (χ1v) is 5.02. The molecular formula is C10H6F3N5. The summed E-state index contributed by atoms with van der Waals surface area (Å²) in [5.41, 5.74) is 0. The largest absolute Gasteiger partial charge is 0.451 e. The molecule has 0 fully saturated rings. The molecule has 18 heavy (non-hydrogen) atoms. The van der Waals surface area contributed by atoms with Crippen molar-refractivity contribution in [2.45, 2.75) is 13.1 Å². The summed E-state index contributed by atoms with van der Waals surface area (Å²) in [6.07, 6.45) is 0.101. The molecule has 0 N–H and O–H groups in total. The Labute approximate surface area is 99.5 Å². The van der Waals surface area contributed by atoms with Crippen molar-refractivity contribution in [3.63, 3.8) is 0 Å². The van der Waals surface area contributed by atoms with Crippen molar-refractivity contribution >= 4 is 23.5 Å². The molecule has 8 heteroatoms. The van der Waals surface area contributed by atoms with Gasteiger partial charge in [0.1, 0.15) is 17.5 Å². The van der Waals surface area contributed by atoms with E-state index >= 15 is 0 Å². The van der Waals surface area contributed by atoms with E-state index in [1.54, 1.807) is 19.1 Å². The van der Waals surface area contributed by atoms with Crippen LogP contribution in [0.5, 0.6) is 0 Å². The van der Waals surface area contributed by atoms with Crippen LogP contribution in [0.4, 0.5) is 13.2 Å². The van der Waals surface area contributed by atoms with Crippen LogP contribution in [0, 0.1) is 0 Å². The lowest BCUT2D eigenvalue weighted by Gasteiger charge is -2.31. The lowest BCUT2D eigenvalue weighted by atomic mass is 10.2. The number of nitrogens with zero attached hydrogens (tertiary/aromatic N) is 5. The molecule has 0 aliphatic carbocycles. The Morgan fingerprint density at radius 3 is 2.61 bits per heavy atom. The van der Waals surface area contributed by atoms with Gasteiger partial charge in [-0.3, -0.25) is 0 Å². The minimum Gasteiger partial charge on any atom is -0.246 e. The number of hydrogen-bond acceptors (Lipinski definition) is 5. The number of halogens is 3. The van der Waals surface area contributed by atoms with Crippen LogP contribution in [0.3, 0.4) is 0 Å². The summed E-state index contributed by atoms with van der Waals surface area (Å²) < 4.78 is 37.9. The lowest BCUT2D eigenvalue weighted by Crippen LogP contribution is -2.42. The molecule has 3 aliphatic heterocycles. The normalized spacial score (nSPS) is 21.6. The summed E-state index contributed by atoms with van der Waals surface area (Å²) in [6.45, 7) is 1.59. The van der Waals surface area contributed by atoms with E-state index in [4.69, 9.17) is 0 Å². The van der Waals surface area contributed by atoms with Crippen LogP contribution in [0.15, 0.2) is 44.0 Å². The lowest BCUT2D eigenvalue weighted by molar-refractivity contribution is -0.0600. The zero-order chi connectivity index (χ0) is 12.9. The molecule has 0 aromatic heterocycles. The van der Waals surface area contributed by atoms with Gasteiger partial charge in [-0.2, -0.15) is 23.2 Å². The van der Waals surface area contributed by atoms with E-state index in [0.29, 0.717) is 11.7 Å². The van der Waals surface area contributed by atoms with Gasteiger partial charge in [0.25, 0.3) is 0 Å². The number of rotatable bonds is 0. The van der Waals surface area contributed by atoms with E-state index < -0.39 is 12.0 Å². The second kappa shape index (κ2) is 3.37. The molecule has 0 atom stereocenters. The molecule has 0 bridgehead atoms. The number of hydrogen-bond donors (Lipinski definition) is 0. The quantitative estimate of drug-likeness (QED) is 0.650. The molecule has 0 amide bonds. The predicted octanol–water partition coefficient (Wildman–Crippen LogP) is 1.86.